The first kappa shape index (κ1) is 26.2. The van der Waals surface area contributed by atoms with Crippen molar-refractivity contribution < 1.29 is 40.7 Å². The van der Waals surface area contributed by atoms with E-state index < -0.39 is 60.3 Å². The molecule has 2 N–H and O–H groups in total. The van der Waals surface area contributed by atoms with Gasteiger partial charge in [0.15, 0.2) is 17.3 Å². The third-order valence-electron chi connectivity index (χ3n) is 4.90. The van der Waals surface area contributed by atoms with E-state index in [9.17, 15) is 35.9 Å². The Kier molecular flexibility index (Phi) is 8.47. The van der Waals surface area contributed by atoms with Crippen molar-refractivity contribution in [3.05, 3.63) is 46.5 Å². The summed E-state index contributed by atoms with van der Waals surface area (Å²) in [5.74, 6) is -5.28. The predicted molar refractivity (Wildman–Crippen MR) is 105 cm³/mol. The zero-order chi connectivity index (χ0) is 24.9. The molecule has 0 saturated carbocycles. The lowest BCUT2D eigenvalue weighted by atomic mass is 10.0. The minimum Gasteiger partial charge on any atom is -0.464 e. The Morgan fingerprint density at radius 3 is 2.39 bits per heavy atom. The Labute approximate surface area is 185 Å². The maximum absolute atomic E-state index is 13.8. The van der Waals surface area contributed by atoms with Gasteiger partial charge in [0.2, 0.25) is 5.91 Å². The van der Waals surface area contributed by atoms with Crippen molar-refractivity contribution in [3.8, 4) is 0 Å². The first-order valence-electron chi connectivity index (χ1n) is 9.63. The van der Waals surface area contributed by atoms with Gasteiger partial charge in [0.25, 0.3) is 0 Å². The maximum Gasteiger partial charge on any atom is 0.405 e. The summed E-state index contributed by atoms with van der Waals surface area (Å²) in [6.45, 7) is 1.04. The van der Waals surface area contributed by atoms with Crippen molar-refractivity contribution in [1.29, 1.82) is 0 Å². The molecule has 1 fully saturated rings. The highest BCUT2D eigenvalue weighted by molar-refractivity contribution is 5.90. The van der Waals surface area contributed by atoms with Gasteiger partial charge in [-0.25, -0.2) is 18.0 Å². The molecule has 1 unspecified atom stereocenters. The Morgan fingerprint density at radius 2 is 1.82 bits per heavy atom. The fourth-order valence-corrected chi connectivity index (χ4v) is 3.36. The molecule has 1 saturated heterocycles. The smallest absolute Gasteiger partial charge is 0.405 e. The van der Waals surface area contributed by atoms with Crippen LogP contribution in [0.5, 0.6) is 0 Å². The fourth-order valence-electron chi connectivity index (χ4n) is 3.36. The summed E-state index contributed by atoms with van der Waals surface area (Å²) in [4.78, 5) is 30.1. The quantitative estimate of drug-likeness (QED) is 0.213. The van der Waals surface area contributed by atoms with Gasteiger partial charge in [0, 0.05) is 31.6 Å². The van der Waals surface area contributed by atoms with Crippen LogP contribution in [0.15, 0.2) is 28.5 Å². The number of amides is 1. The average Bonchev–Trinajstić information content (AvgIpc) is 2.72. The second-order valence-electron chi connectivity index (χ2n) is 7.32. The van der Waals surface area contributed by atoms with Crippen LogP contribution in [0.4, 0.5) is 26.3 Å². The molecule has 7 nitrogen and oxygen atoms in total. The van der Waals surface area contributed by atoms with Crippen LogP contribution in [0.2, 0.25) is 0 Å². The summed E-state index contributed by atoms with van der Waals surface area (Å²) < 4.78 is 83.7. The molecule has 1 aromatic rings. The van der Waals surface area contributed by atoms with Gasteiger partial charge < -0.3 is 20.3 Å². The van der Waals surface area contributed by atoms with Crippen molar-refractivity contribution in [2.75, 3.05) is 33.3 Å². The summed E-state index contributed by atoms with van der Waals surface area (Å²) in [5, 5.41) is 0. The molecule has 33 heavy (non-hydrogen) atoms. The molecule has 1 atom stereocenters. The second kappa shape index (κ2) is 10.7. The summed E-state index contributed by atoms with van der Waals surface area (Å²) in [5.41, 5.74) is 4.97. The average molecular weight is 480 g/mol. The number of ether oxygens (including phenoxy) is 1. The number of hydrogen-bond acceptors (Lipinski definition) is 6. The van der Waals surface area contributed by atoms with Crippen LogP contribution in [0.25, 0.3) is 0 Å². The van der Waals surface area contributed by atoms with E-state index in [1.807, 2.05) is 0 Å². The number of esters is 1. The van der Waals surface area contributed by atoms with E-state index in [0.717, 1.165) is 16.9 Å². The lowest BCUT2D eigenvalue weighted by molar-refractivity contribution is -0.148. The van der Waals surface area contributed by atoms with Crippen molar-refractivity contribution >= 4 is 18.6 Å². The standard InChI is InChI=1S/C20H22F6N4O3/c1-28-18(19(32)33-2)16-9-29(3-4-30(16)10-20(24,25)26)17(31)7-12(27)5-11-6-14(22)15(23)8-13(11)21/h6,8,12H,1,3-5,7,9-10,27H2,2H3/b18-16-. The van der Waals surface area contributed by atoms with E-state index in [4.69, 9.17) is 5.73 Å². The number of nitrogens with two attached hydrogens (primary N) is 1. The van der Waals surface area contributed by atoms with Crippen molar-refractivity contribution in [2.24, 2.45) is 10.7 Å². The van der Waals surface area contributed by atoms with Gasteiger partial charge in [0.1, 0.15) is 12.4 Å². The molecule has 1 amide bonds. The van der Waals surface area contributed by atoms with Crippen LogP contribution in [-0.2, 0) is 20.7 Å². The highest BCUT2D eigenvalue weighted by Crippen LogP contribution is 2.25. The molecular weight excluding hydrogens is 458 g/mol. The molecule has 13 heteroatoms. The van der Waals surface area contributed by atoms with Gasteiger partial charge in [-0.15, -0.1) is 0 Å². The first-order valence-corrected chi connectivity index (χ1v) is 9.63. The van der Waals surface area contributed by atoms with Crippen LogP contribution in [0.1, 0.15) is 12.0 Å². The number of halogens is 6. The third-order valence-corrected chi connectivity index (χ3v) is 4.90. The van der Waals surface area contributed by atoms with Crippen molar-refractivity contribution in [3.63, 3.8) is 0 Å². The molecular formula is C20H22F6N4O3. The van der Waals surface area contributed by atoms with Crippen molar-refractivity contribution in [2.45, 2.75) is 25.1 Å². The predicted octanol–water partition coefficient (Wildman–Crippen LogP) is 2.16. The van der Waals surface area contributed by atoms with E-state index in [-0.39, 0.29) is 37.2 Å². The van der Waals surface area contributed by atoms with E-state index in [2.05, 4.69) is 16.4 Å². The normalized spacial score (nSPS) is 17.0. The summed E-state index contributed by atoms with van der Waals surface area (Å²) >= 11 is 0. The minimum atomic E-state index is -4.59. The lowest BCUT2D eigenvalue weighted by Crippen LogP contribution is -2.51. The Balaban J connectivity index is 2.17. The number of aliphatic imine (C=N–C) groups is 1. The largest absolute Gasteiger partial charge is 0.464 e. The van der Waals surface area contributed by atoms with Crippen LogP contribution in [-0.4, -0.2) is 73.9 Å². The van der Waals surface area contributed by atoms with E-state index in [1.165, 1.54) is 0 Å². The molecule has 0 aromatic heterocycles. The minimum absolute atomic E-state index is 0.115. The number of hydrogen-bond donors (Lipinski definition) is 1. The first-order chi connectivity index (χ1) is 15.4. The number of alkyl halides is 3. The molecule has 0 radical (unpaired) electrons. The molecule has 1 aromatic carbocycles. The van der Waals surface area contributed by atoms with E-state index in [1.54, 1.807) is 0 Å². The number of methoxy groups -OCH3 is 1. The molecule has 0 bridgehead atoms. The molecule has 2 rings (SSSR count). The van der Waals surface area contributed by atoms with Crippen LogP contribution in [0.3, 0.4) is 0 Å². The Morgan fingerprint density at radius 1 is 1.18 bits per heavy atom. The molecule has 1 aliphatic heterocycles. The lowest BCUT2D eigenvalue weighted by Gasteiger charge is -2.39. The summed E-state index contributed by atoms with van der Waals surface area (Å²) in [6, 6.07) is 0.0202. The summed E-state index contributed by atoms with van der Waals surface area (Å²) in [7, 11) is 1.02. The highest BCUT2D eigenvalue weighted by atomic mass is 19.4. The van der Waals surface area contributed by atoms with Crippen molar-refractivity contribution in [1.82, 2.24) is 9.80 Å². The topological polar surface area (TPSA) is 88.2 Å². The zero-order valence-electron chi connectivity index (χ0n) is 17.6. The van der Waals surface area contributed by atoms with E-state index in [0.29, 0.717) is 12.1 Å². The maximum atomic E-state index is 13.8. The molecule has 182 valence electrons. The Bertz CT molecular complexity index is 950. The summed E-state index contributed by atoms with van der Waals surface area (Å²) in [6.07, 6.45) is -5.23. The fraction of sp³-hybridized carbons (Fsp3) is 0.450. The van der Waals surface area contributed by atoms with Crippen LogP contribution < -0.4 is 5.73 Å². The van der Waals surface area contributed by atoms with Gasteiger partial charge in [-0.1, -0.05) is 0 Å². The van der Waals surface area contributed by atoms with Gasteiger partial charge in [0.05, 0.1) is 19.4 Å². The van der Waals surface area contributed by atoms with Crippen LogP contribution >= 0.6 is 0 Å². The zero-order valence-corrected chi connectivity index (χ0v) is 17.6. The van der Waals surface area contributed by atoms with Crippen LogP contribution in [0, 0.1) is 17.5 Å². The number of benzene rings is 1. The highest BCUT2D eigenvalue weighted by Gasteiger charge is 2.37. The number of carbonyl (C=O) groups is 2. The van der Waals surface area contributed by atoms with Gasteiger partial charge in [-0.3, -0.25) is 9.79 Å². The van der Waals surface area contributed by atoms with Gasteiger partial charge in [-0.2, -0.15) is 13.2 Å². The number of nitrogens with zero attached hydrogens (tertiary/aromatic N) is 3. The number of piperazine rings is 1. The number of rotatable bonds is 7. The third kappa shape index (κ3) is 6.94. The monoisotopic (exact) mass is 480 g/mol. The Hall–Kier alpha value is -3.09. The van der Waals surface area contributed by atoms with E-state index >= 15 is 0 Å². The van der Waals surface area contributed by atoms with Gasteiger partial charge in [-0.05, 0) is 24.8 Å². The molecule has 1 aliphatic rings. The molecule has 0 spiro atoms. The number of carbonyl (C=O) groups excluding carboxylic acids is 2. The van der Waals surface area contributed by atoms with Gasteiger partial charge >= 0.3 is 12.1 Å². The SMILES string of the molecule is C=N/C(C(=O)OC)=C1/CN(C(=O)CC(N)Cc2cc(F)c(F)cc2F)CCN1CC(F)(F)F. The molecule has 1 heterocycles. The second-order valence-corrected chi connectivity index (χ2v) is 7.32. The molecule has 0 aliphatic carbocycles.